The van der Waals surface area contributed by atoms with Gasteiger partial charge in [0.15, 0.2) is 5.96 Å². The Labute approximate surface area is 179 Å². The highest BCUT2D eigenvalue weighted by Crippen LogP contribution is 2.24. The fraction of sp³-hybridized carbons (Fsp3) is 0.458. The summed E-state index contributed by atoms with van der Waals surface area (Å²) in [6.45, 7) is 5.43. The lowest BCUT2D eigenvalue weighted by atomic mass is 10.1. The van der Waals surface area contributed by atoms with E-state index in [-0.39, 0.29) is 6.10 Å². The van der Waals surface area contributed by atoms with E-state index in [4.69, 9.17) is 9.47 Å². The van der Waals surface area contributed by atoms with Gasteiger partial charge in [-0.05, 0) is 29.7 Å². The summed E-state index contributed by atoms with van der Waals surface area (Å²) in [5.41, 5.74) is 2.64. The molecule has 6 heteroatoms. The number of hydrogen-bond donors (Lipinski definition) is 1. The molecule has 2 fully saturated rings. The summed E-state index contributed by atoms with van der Waals surface area (Å²) in [5, 5.41) is 3.53. The van der Waals surface area contributed by atoms with E-state index in [1.165, 1.54) is 11.1 Å². The Kier molecular flexibility index (Phi) is 6.87. The van der Waals surface area contributed by atoms with Gasteiger partial charge in [0.25, 0.3) is 0 Å². The number of methoxy groups -OCH3 is 1. The number of ether oxygens (including phenoxy) is 2. The van der Waals surface area contributed by atoms with E-state index in [9.17, 15) is 0 Å². The predicted octanol–water partition coefficient (Wildman–Crippen LogP) is 2.40. The van der Waals surface area contributed by atoms with Crippen molar-refractivity contribution in [1.82, 2.24) is 15.1 Å². The number of guanidine groups is 1. The Morgan fingerprint density at radius 2 is 1.90 bits per heavy atom. The smallest absolute Gasteiger partial charge is 0.193 e. The van der Waals surface area contributed by atoms with Crippen molar-refractivity contribution in [2.24, 2.45) is 4.99 Å². The molecule has 2 aliphatic heterocycles. The molecular weight excluding hydrogens is 376 g/mol. The van der Waals surface area contributed by atoms with Crippen LogP contribution in [0.15, 0.2) is 59.6 Å². The number of rotatable bonds is 6. The number of morpholine rings is 1. The molecule has 0 radical (unpaired) electrons. The van der Waals surface area contributed by atoms with Gasteiger partial charge in [-0.3, -0.25) is 9.89 Å². The lowest BCUT2D eigenvalue weighted by Crippen LogP contribution is -2.50. The van der Waals surface area contributed by atoms with Crippen LogP contribution in [0.2, 0.25) is 0 Å². The highest BCUT2D eigenvalue weighted by atomic mass is 16.5. The second-order valence-corrected chi connectivity index (χ2v) is 7.91. The van der Waals surface area contributed by atoms with Gasteiger partial charge in [-0.25, -0.2) is 0 Å². The van der Waals surface area contributed by atoms with Gasteiger partial charge < -0.3 is 19.7 Å². The summed E-state index contributed by atoms with van der Waals surface area (Å²) in [6.07, 6.45) is 1.18. The fourth-order valence-corrected chi connectivity index (χ4v) is 4.39. The molecule has 2 heterocycles. The molecule has 0 saturated carbocycles. The van der Waals surface area contributed by atoms with Gasteiger partial charge in [-0.1, -0.05) is 42.5 Å². The fourth-order valence-electron chi connectivity index (χ4n) is 4.39. The Hall–Kier alpha value is -2.57. The summed E-state index contributed by atoms with van der Waals surface area (Å²) in [6, 6.07) is 19.4. The lowest BCUT2D eigenvalue weighted by Gasteiger charge is -2.36. The van der Waals surface area contributed by atoms with Crippen LogP contribution in [-0.4, -0.2) is 74.8 Å². The van der Waals surface area contributed by atoms with Gasteiger partial charge in [-0.15, -0.1) is 0 Å². The van der Waals surface area contributed by atoms with Crippen LogP contribution >= 0.6 is 0 Å². The molecule has 0 bridgehead atoms. The molecule has 6 nitrogen and oxygen atoms in total. The second-order valence-electron chi connectivity index (χ2n) is 7.91. The minimum absolute atomic E-state index is 0.239. The maximum absolute atomic E-state index is 6.11. The summed E-state index contributed by atoms with van der Waals surface area (Å²) in [7, 11) is 3.55. The topological polar surface area (TPSA) is 49.3 Å². The summed E-state index contributed by atoms with van der Waals surface area (Å²) in [5.74, 6) is 1.85. The molecular formula is C24H32N4O2. The van der Waals surface area contributed by atoms with Gasteiger partial charge in [0.1, 0.15) is 5.75 Å². The highest BCUT2D eigenvalue weighted by Gasteiger charge is 2.41. The molecule has 2 aromatic carbocycles. The minimum atomic E-state index is 0.239. The van der Waals surface area contributed by atoms with Gasteiger partial charge in [-0.2, -0.15) is 0 Å². The molecule has 2 saturated heterocycles. The number of nitrogens with one attached hydrogen (secondary N) is 1. The highest BCUT2D eigenvalue weighted by molar-refractivity contribution is 5.80. The second kappa shape index (κ2) is 9.96. The van der Waals surface area contributed by atoms with Crippen LogP contribution < -0.4 is 10.1 Å². The predicted molar refractivity (Wildman–Crippen MR) is 120 cm³/mol. The molecule has 2 unspecified atom stereocenters. The first-order valence-electron chi connectivity index (χ1n) is 10.7. The number of hydrogen-bond acceptors (Lipinski definition) is 4. The van der Waals surface area contributed by atoms with Gasteiger partial charge >= 0.3 is 0 Å². The average molecular weight is 409 g/mol. The normalized spacial score (nSPS) is 22.1. The van der Waals surface area contributed by atoms with E-state index >= 15 is 0 Å². The van der Waals surface area contributed by atoms with Gasteiger partial charge in [0, 0.05) is 39.8 Å². The minimum Gasteiger partial charge on any atom is -0.497 e. The van der Waals surface area contributed by atoms with Gasteiger partial charge in [0.2, 0.25) is 0 Å². The Balaban J connectivity index is 1.32. The van der Waals surface area contributed by atoms with Crippen LogP contribution in [0.5, 0.6) is 5.75 Å². The zero-order valence-corrected chi connectivity index (χ0v) is 18.0. The zero-order valence-electron chi connectivity index (χ0n) is 18.0. The molecule has 2 atom stereocenters. The van der Waals surface area contributed by atoms with Crippen LogP contribution in [0.3, 0.4) is 0 Å². The Morgan fingerprint density at radius 3 is 2.63 bits per heavy atom. The molecule has 4 rings (SSSR count). The van der Waals surface area contributed by atoms with E-state index in [0.29, 0.717) is 6.04 Å². The van der Waals surface area contributed by atoms with Crippen molar-refractivity contribution in [3.8, 4) is 5.75 Å². The number of aliphatic imine (C=N–C) groups is 1. The van der Waals surface area contributed by atoms with Crippen molar-refractivity contribution < 1.29 is 9.47 Å². The molecule has 30 heavy (non-hydrogen) atoms. The Bertz CT molecular complexity index is 825. The molecule has 0 aliphatic carbocycles. The molecule has 2 aliphatic rings. The molecule has 160 valence electrons. The third-order valence-electron chi connectivity index (χ3n) is 6.01. The van der Waals surface area contributed by atoms with E-state index in [2.05, 4.69) is 62.6 Å². The average Bonchev–Trinajstić information content (AvgIpc) is 3.23. The van der Waals surface area contributed by atoms with E-state index in [1.807, 2.05) is 19.2 Å². The summed E-state index contributed by atoms with van der Waals surface area (Å²) in [4.78, 5) is 9.44. The van der Waals surface area contributed by atoms with Gasteiger partial charge in [0.05, 0.1) is 25.9 Å². The SMILES string of the molecule is CN=C(NCCc1ccc(OC)cc1)N1CC2OCCN(Cc3ccccc3)C2C1. The standard InChI is InChI=1S/C24H32N4O2/c1-25-24(26-13-12-19-8-10-21(29-2)11-9-19)28-17-22-23(18-28)30-15-14-27(22)16-20-6-4-3-5-7-20/h3-11,22-23H,12-18H2,1-2H3,(H,25,26). The first kappa shape index (κ1) is 20.7. The van der Waals surface area contributed by atoms with Crippen molar-refractivity contribution in [2.45, 2.75) is 25.1 Å². The third kappa shape index (κ3) is 4.94. The van der Waals surface area contributed by atoms with Crippen molar-refractivity contribution >= 4 is 5.96 Å². The number of likely N-dealkylation sites (tertiary alicyclic amines) is 1. The van der Waals surface area contributed by atoms with Crippen LogP contribution in [0.25, 0.3) is 0 Å². The number of fused-ring (bicyclic) bond motifs is 1. The Morgan fingerprint density at radius 1 is 1.10 bits per heavy atom. The monoisotopic (exact) mass is 408 g/mol. The molecule has 0 spiro atoms. The van der Waals surface area contributed by atoms with E-state index < -0.39 is 0 Å². The first-order chi connectivity index (χ1) is 14.8. The maximum atomic E-state index is 6.11. The van der Waals surface area contributed by atoms with Crippen LogP contribution in [-0.2, 0) is 17.7 Å². The van der Waals surface area contributed by atoms with Crippen LogP contribution in [0.1, 0.15) is 11.1 Å². The third-order valence-corrected chi connectivity index (χ3v) is 6.01. The zero-order chi connectivity index (χ0) is 20.8. The van der Waals surface area contributed by atoms with Crippen LogP contribution in [0, 0.1) is 0 Å². The largest absolute Gasteiger partial charge is 0.497 e. The van der Waals surface area contributed by atoms with Crippen molar-refractivity contribution in [3.05, 3.63) is 65.7 Å². The maximum Gasteiger partial charge on any atom is 0.193 e. The molecule has 2 aromatic rings. The first-order valence-corrected chi connectivity index (χ1v) is 10.7. The number of nitrogens with zero attached hydrogens (tertiary/aromatic N) is 3. The number of benzene rings is 2. The summed E-state index contributed by atoms with van der Waals surface area (Å²) >= 11 is 0. The van der Waals surface area contributed by atoms with Crippen molar-refractivity contribution in [1.29, 1.82) is 0 Å². The quantitative estimate of drug-likeness (QED) is 0.588. The van der Waals surface area contributed by atoms with E-state index in [1.54, 1.807) is 7.11 Å². The van der Waals surface area contributed by atoms with Crippen molar-refractivity contribution in [3.63, 3.8) is 0 Å². The summed E-state index contributed by atoms with van der Waals surface area (Å²) < 4.78 is 11.3. The lowest BCUT2D eigenvalue weighted by molar-refractivity contribution is -0.0502. The van der Waals surface area contributed by atoms with E-state index in [0.717, 1.165) is 57.5 Å². The van der Waals surface area contributed by atoms with Crippen molar-refractivity contribution in [2.75, 3.05) is 46.9 Å². The molecule has 0 amide bonds. The molecule has 1 N–H and O–H groups in total. The van der Waals surface area contributed by atoms with Crippen LogP contribution in [0.4, 0.5) is 0 Å². The molecule has 0 aromatic heterocycles.